The molecule has 0 amide bonds. The Morgan fingerprint density at radius 3 is 3.00 bits per heavy atom. The van der Waals surface area contributed by atoms with Crippen molar-refractivity contribution in [3.63, 3.8) is 0 Å². The summed E-state index contributed by atoms with van der Waals surface area (Å²) in [5.74, 6) is 0.00708. The topological polar surface area (TPSA) is 20.3 Å². The molecule has 2 nitrogen and oxygen atoms in total. The van der Waals surface area contributed by atoms with E-state index in [0.717, 1.165) is 31.5 Å². The molecule has 0 radical (unpaired) electrons. The number of ketones is 1. The van der Waals surface area contributed by atoms with E-state index in [1.807, 2.05) is 12.1 Å². The Kier molecular flexibility index (Phi) is 4.51. The lowest BCUT2D eigenvalue weighted by Crippen LogP contribution is -2.30. The maximum absolute atomic E-state index is 13.2. The summed E-state index contributed by atoms with van der Waals surface area (Å²) in [4.78, 5) is 13.5. The van der Waals surface area contributed by atoms with E-state index in [4.69, 9.17) is 0 Å². The van der Waals surface area contributed by atoms with Gasteiger partial charge in [0.15, 0.2) is 0 Å². The van der Waals surface area contributed by atoms with Gasteiger partial charge in [-0.15, -0.1) is 0 Å². The minimum atomic E-state index is -0.236. The highest BCUT2D eigenvalue weighted by atomic mass is 79.9. The lowest BCUT2D eigenvalue weighted by Gasteiger charge is -2.23. The van der Waals surface area contributed by atoms with E-state index in [2.05, 4.69) is 20.8 Å². The van der Waals surface area contributed by atoms with Crippen LogP contribution in [0.15, 0.2) is 22.7 Å². The predicted molar refractivity (Wildman–Crippen MR) is 72.8 cm³/mol. The van der Waals surface area contributed by atoms with E-state index in [0.29, 0.717) is 16.9 Å². The summed E-state index contributed by atoms with van der Waals surface area (Å²) in [6, 6.07) is 5.46. The number of nitrogens with zero attached hydrogens (tertiary/aromatic N) is 1. The molecule has 1 aliphatic rings. The number of carbonyl (C=O) groups is 1. The lowest BCUT2D eigenvalue weighted by molar-refractivity contribution is -0.118. The fraction of sp³-hybridized carbons (Fsp3) is 0.500. The van der Waals surface area contributed by atoms with Crippen LogP contribution < -0.4 is 0 Å². The maximum Gasteiger partial charge on any atom is 0.137 e. The molecule has 0 N–H and O–H groups in total. The summed E-state index contributed by atoms with van der Waals surface area (Å²) in [6.45, 7) is 3.45. The molecule has 1 fully saturated rings. The van der Waals surface area contributed by atoms with Gasteiger partial charge < -0.3 is 0 Å². The van der Waals surface area contributed by atoms with Crippen LogP contribution in [-0.4, -0.2) is 23.3 Å². The molecule has 1 heterocycles. The van der Waals surface area contributed by atoms with Crippen LogP contribution in [0.2, 0.25) is 0 Å². The predicted octanol–water partition coefficient (Wildman–Crippen LogP) is 3.53. The summed E-state index contributed by atoms with van der Waals surface area (Å²) >= 11 is 3.20. The normalized spacial score (nSPS) is 20.3. The summed E-state index contributed by atoms with van der Waals surface area (Å²) in [7, 11) is 0. The van der Waals surface area contributed by atoms with E-state index < -0.39 is 0 Å². The fourth-order valence-electron chi connectivity index (χ4n) is 2.54. The first kappa shape index (κ1) is 13.7. The second-order valence-corrected chi connectivity index (χ2v) is 5.78. The van der Waals surface area contributed by atoms with Gasteiger partial charge in [0.2, 0.25) is 0 Å². The summed E-state index contributed by atoms with van der Waals surface area (Å²) in [5, 5.41) is 0. The molecule has 4 heteroatoms. The van der Waals surface area contributed by atoms with Crippen LogP contribution in [0.3, 0.4) is 0 Å². The van der Waals surface area contributed by atoms with Gasteiger partial charge in [-0.2, -0.15) is 0 Å². The number of likely N-dealkylation sites (tertiary alicyclic amines) is 1. The van der Waals surface area contributed by atoms with E-state index in [9.17, 15) is 9.18 Å². The average Bonchev–Trinajstić information content (AvgIpc) is 2.70. The Morgan fingerprint density at radius 2 is 2.33 bits per heavy atom. The number of carbonyl (C=O) groups excluding carboxylic acids is 1. The molecular formula is C14H17BrFNO. The molecule has 0 aromatic heterocycles. The van der Waals surface area contributed by atoms with Crippen LogP contribution in [0, 0.1) is 5.82 Å². The first-order chi connectivity index (χ1) is 8.56. The van der Waals surface area contributed by atoms with Gasteiger partial charge in [-0.05, 0) is 59.9 Å². The summed E-state index contributed by atoms with van der Waals surface area (Å²) in [5.41, 5.74) is 1.08. The van der Waals surface area contributed by atoms with Crippen molar-refractivity contribution < 1.29 is 9.18 Å². The third kappa shape index (κ3) is 3.39. The molecule has 98 valence electrons. The Balaban J connectivity index is 2.03. The van der Waals surface area contributed by atoms with Gasteiger partial charge in [0.1, 0.15) is 11.6 Å². The van der Waals surface area contributed by atoms with Crippen LogP contribution in [0.1, 0.15) is 31.7 Å². The molecule has 0 bridgehead atoms. The fourth-order valence-corrected chi connectivity index (χ4v) is 2.96. The van der Waals surface area contributed by atoms with E-state index in [1.54, 1.807) is 6.92 Å². The van der Waals surface area contributed by atoms with Crippen molar-refractivity contribution in [2.75, 3.05) is 6.54 Å². The second-order valence-electron chi connectivity index (χ2n) is 4.92. The highest BCUT2D eigenvalue weighted by Crippen LogP contribution is 2.24. The van der Waals surface area contributed by atoms with Crippen LogP contribution in [-0.2, 0) is 11.3 Å². The Bertz CT molecular complexity index is 449. The second kappa shape index (κ2) is 5.93. The zero-order valence-electron chi connectivity index (χ0n) is 10.5. The van der Waals surface area contributed by atoms with Gasteiger partial charge in [-0.3, -0.25) is 9.69 Å². The van der Waals surface area contributed by atoms with Crippen molar-refractivity contribution in [1.82, 2.24) is 4.90 Å². The number of Topliss-reactive ketones (excluding diaryl/α,β-unsaturated/α-hetero) is 1. The van der Waals surface area contributed by atoms with Crippen molar-refractivity contribution in [2.24, 2.45) is 0 Å². The quantitative estimate of drug-likeness (QED) is 0.847. The SMILES string of the molecule is CC(=O)CC1CCCN1Cc1ccc(F)c(Br)c1. The first-order valence-corrected chi connectivity index (χ1v) is 7.03. The molecule has 0 aliphatic carbocycles. The molecule has 1 unspecified atom stereocenters. The van der Waals surface area contributed by atoms with Crippen LogP contribution in [0.4, 0.5) is 4.39 Å². The zero-order chi connectivity index (χ0) is 13.1. The average molecular weight is 314 g/mol. The largest absolute Gasteiger partial charge is 0.300 e. The first-order valence-electron chi connectivity index (χ1n) is 6.23. The number of rotatable bonds is 4. The van der Waals surface area contributed by atoms with E-state index in [-0.39, 0.29) is 11.6 Å². The Morgan fingerprint density at radius 1 is 1.56 bits per heavy atom. The highest BCUT2D eigenvalue weighted by molar-refractivity contribution is 9.10. The van der Waals surface area contributed by atoms with Crippen molar-refractivity contribution >= 4 is 21.7 Å². The molecule has 1 atom stereocenters. The standard InChI is InChI=1S/C14H17BrFNO/c1-10(18)7-12-3-2-6-17(12)9-11-4-5-14(16)13(15)8-11/h4-5,8,12H,2-3,6-7,9H2,1H3. The number of hydrogen-bond acceptors (Lipinski definition) is 2. The smallest absolute Gasteiger partial charge is 0.137 e. The van der Waals surface area contributed by atoms with Crippen molar-refractivity contribution in [1.29, 1.82) is 0 Å². The van der Waals surface area contributed by atoms with Gasteiger partial charge in [-0.1, -0.05) is 6.07 Å². The highest BCUT2D eigenvalue weighted by Gasteiger charge is 2.25. The van der Waals surface area contributed by atoms with Crippen molar-refractivity contribution in [2.45, 2.75) is 38.8 Å². The number of halogens is 2. The lowest BCUT2D eigenvalue weighted by atomic mass is 10.1. The number of benzene rings is 1. The monoisotopic (exact) mass is 313 g/mol. The van der Waals surface area contributed by atoms with Gasteiger partial charge in [-0.25, -0.2) is 4.39 Å². The third-order valence-corrected chi connectivity index (χ3v) is 4.00. The molecule has 0 saturated carbocycles. The van der Waals surface area contributed by atoms with Crippen molar-refractivity contribution in [3.8, 4) is 0 Å². The molecule has 1 aliphatic heterocycles. The third-order valence-electron chi connectivity index (χ3n) is 3.39. The minimum Gasteiger partial charge on any atom is -0.300 e. The van der Waals surface area contributed by atoms with Crippen LogP contribution in [0.25, 0.3) is 0 Å². The minimum absolute atomic E-state index is 0.236. The van der Waals surface area contributed by atoms with E-state index in [1.165, 1.54) is 6.07 Å². The molecule has 2 rings (SSSR count). The number of hydrogen-bond donors (Lipinski definition) is 0. The van der Waals surface area contributed by atoms with Crippen LogP contribution in [0.5, 0.6) is 0 Å². The maximum atomic E-state index is 13.2. The molecule has 1 saturated heterocycles. The molecule has 1 aromatic rings. The molecule has 1 aromatic carbocycles. The molecule has 18 heavy (non-hydrogen) atoms. The van der Waals surface area contributed by atoms with Gasteiger partial charge in [0, 0.05) is 19.0 Å². The van der Waals surface area contributed by atoms with Gasteiger partial charge in [0.25, 0.3) is 0 Å². The summed E-state index contributed by atoms with van der Waals surface area (Å²) in [6.07, 6.45) is 2.85. The zero-order valence-corrected chi connectivity index (χ0v) is 12.0. The summed E-state index contributed by atoms with van der Waals surface area (Å²) < 4.78 is 13.7. The van der Waals surface area contributed by atoms with Crippen LogP contribution >= 0.6 is 15.9 Å². The van der Waals surface area contributed by atoms with Gasteiger partial charge >= 0.3 is 0 Å². The molecule has 0 spiro atoms. The van der Waals surface area contributed by atoms with Crippen molar-refractivity contribution in [3.05, 3.63) is 34.1 Å². The van der Waals surface area contributed by atoms with E-state index >= 15 is 0 Å². The van der Waals surface area contributed by atoms with Gasteiger partial charge in [0.05, 0.1) is 4.47 Å². The Hall–Kier alpha value is -0.740. The Labute approximate surface area is 115 Å². The molecular weight excluding hydrogens is 297 g/mol.